The molecule has 1 saturated heterocycles. The van der Waals surface area contributed by atoms with Crippen LogP contribution in [0.25, 0.3) is 0 Å². The first-order valence-corrected chi connectivity index (χ1v) is 5.75. The summed E-state index contributed by atoms with van der Waals surface area (Å²) in [6.07, 6.45) is 4.86. The largest absolute Gasteiger partial charge is 0.465 e. The number of carbonyl (C=O) groups is 1. The molecule has 0 spiro atoms. The Kier molecular flexibility index (Phi) is 3.28. The molecule has 0 bridgehead atoms. The number of carboxylic acid groups (broad SMARTS) is 1. The quantitative estimate of drug-likeness (QED) is 0.804. The minimum Gasteiger partial charge on any atom is -0.465 e. The number of nitrogens with two attached hydrogens (primary N) is 1. The van der Waals surface area contributed by atoms with E-state index in [1.807, 2.05) is 18.3 Å². The SMILES string of the molecule is NC1(Cc2cccnc2)CCN(C(=O)O)CC1. The molecule has 2 heterocycles. The van der Waals surface area contributed by atoms with Crippen LogP contribution in [0.5, 0.6) is 0 Å². The van der Waals surface area contributed by atoms with Crippen molar-refractivity contribution in [2.75, 3.05) is 13.1 Å². The molecule has 1 aromatic heterocycles. The number of rotatable bonds is 2. The van der Waals surface area contributed by atoms with Crippen LogP contribution in [0.2, 0.25) is 0 Å². The highest BCUT2D eigenvalue weighted by molar-refractivity contribution is 5.65. The molecule has 17 heavy (non-hydrogen) atoms. The number of aromatic nitrogens is 1. The second kappa shape index (κ2) is 4.71. The summed E-state index contributed by atoms with van der Waals surface area (Å²) in [5.74, 6) is 0. The van der Waals surface area contributed by atoms with Gasteiger partial charge in [-0.05, 0) is 30.9 Å². The Hall–Kier alpha value is -1.62. The fraction of sp³-hybridized carbons (Fsp3) is 0.500. The van der Waals surface area contributed by atoms with Gasteiger partial charge in [0.2, 0.25) is 0 Å². The van der Waals surface area contributed by atoms with Crippen molar-refractivity contribution in [3.05, 3.63) is 30.1 Å². The van der Waals surface area contributed by atoms with Gasteiger partial charge in [0.05, 0.1) is 0 Å². The van der Waals surface area contributed by atoms with E-state index in [2.05, 4.69) is 4.98 Å². The summed E-state index contributed by atoms with van der Waals surface area (Å²) < 4.78 is 0. The zero-order valence-corrected chi connectivity index (χ0v) is 9.67. The van der Waals surface area contributed by atoms with E-state index in [1.165, 1.54) is 4.90 Å². The Morgan fingerprint density at radius 2 is 2.24 bits per heavy atom. The summed E-state index contributed by atoms with van der Waals surface area (Å²) in [6, 6.07) is 3.90. The van der Waals surface area contributed by atoms with Crippen molar-refractivity contribution in [2.45, 2.75) is 24.8 Å². The lowest BCUT2D eigenvalue weighted by Gasteiger charge is -2.38. The van der Waals surface area contributed by atoms with Crippen LogP contribution in [0.15, 0.2) is 24.5 Å². The van der Waals surface area contributed by atoms with E-state index in [0.29, 0.717) is 25.9 Å². The highest BCUT2D eigenvalue weighted by Gasteiger charge is 2.32. The molecular weight excluding hydrogens is 218 g/mol. The number of amides is 1. The molecular formula is C12H17N3O2. The number of hydrogen-bond acceptors (Lipinski definition) is 3. The van der Waals surface area contributed by atoms with E-state index < -0.39 is 6.09 Å². The van der Waals surface area contributed by atoms with Gasteiger partial charge in [-0.2, -0.15) is 0 Å². The van der Waals surface area contributed by atoms with E-state index in [4.69, 9.17) is 10.8 Å². The number of piperidine rings is 1. The van der Waals surface area contributed by atoms with E-state index in [1.54, 1.807) is 6.20 Å². The molecule has 1 aliphatic heterocycles. The average molecular weight is 235 g/mol. The molecule has 0 aliphatic carbocycles. The standard InChI is InChI=1S/C12H17N3O2/c13-12(8-10-2-1-5-14-9-10)3-6-15(7-4-12)11(16)17/h1-2,5,9H,3-4,6-8,13H2,(H,16,17). The highest BCUT2D eigenvalue weighted by Crippen LogP contribution is 2.23. The van der Waals surface area contributed by atoms with E-state index in [9.17, 15) is 4.79 Å². The van der Waals surface area contributed by atoms with Crippen molar-refractivity contribution in [3.8, 4) is 0 Å². The molecule has 5 heteroatoms. The zero-order chi connectivity index (χ0) is 12.3. The Morgan fingerprint density at radius 3 is 2.76 bits per heavy atom. The lowest BCUT2D eigenvalue weighted by Crippen LogP contribution is -2.52. The van der Waals surface area contributed by atoms with Crippen molar-refractivity contribution in [2.24, 2.45) is 5.73 Å². The predicted octanol–water partition coefficient (Wildman–Crippen LogP) is 1.10. The Morgan fingerprint density at radius 1 is 1.53 bits per heavy atom. The van der Waals surface area contributed by atoms with Crippen molar-refractivity contribution < 1.29 is 9.90 Å². The lowest BCUT2D eigenvalue weighted by molar-refractivity contribution is 0.117. The Bertz CT molecular complexity index is 386. The number of likely N-dealkylation sites (tertiary alicyclic amines) is 1. The first-order valence-electron chi connectivity index (χ1n) is 5.75. The first-order chi connectivity index (χ1) is 8.09. The van der Waals surface area contributed by atoms with Crippen LogP contribution in [-0.4, -0.2) is 39.7 Å². The van der Waals surface area contributed by atoms with Crippen LogP contribution in [0.3, 0.4) is 0 Å². The number of nitrogens with zero attached hydrogens (tertiary/aromatic N) is 2. The molecule has 0 radical (unpaired) electrons. The molecule has 5 nitrogen and oxygen atoms in total. The Balaban J connectivity index is 1.96. The van der Waals surface area contributed by atoms with Crippen molar-refractivity contribution in [1.29, 1.82) is 0 Å². The van der Waals surface area contributed by atoms with Crippen LogP contribution < -0.4 is 5.73 Å². The minimum atomic E-state index is -0.853. The molecule has 0 unspecified atom stereocenters. The third-order valence-corrected chi connectivity index (χ3v) is 3.31. The monoisotopic (exact) mass is 235 g/mol. The van der Waals surface area contributed by atoms with Crippen LogP contribution in [0.1, 0.15) is 18.4 Å². The number of hydrogen-bond donors (Lipinski definition) is 2. The van der Waals surface area contributed by atoms with Gasteiger partial charge in [0.25, 0.3) is 0 Å². The second-order valence-corrected chi connectivity index (χ2v) is 4.67. The summed E-state index contributed by atoms with van der Waals surface area (Å²) in [4.78, 5) is 16.3. The second-order valence-electron chi connectivity index (χ2n) is 4.67. The van der Waals surface area contributed by atoms with E-state index in [-0.39, 0.29) is 5.54 Å². The van der Waals surface area contributed by atoms with Gasteiger partial charge in [0, 0.05) is 31.0 Å². The van der Waals surface area contributed by atoms with Crippen molar-refractivity contribution in [3.63, 3.8) is 0 Å². The minimum absolute atomic E-state index is 0.297. The normalized spacial score (nSPS) is 19.0. The van der Waals surface area contributed by atoms with Gasteiger partial charge in [0.1, 0.15) is 0 Å². The molecule has 1 aromatic rings. The van der Waals surface area contributed by atoms with Crippen LogP contribution in [0.4, 0.5) is 4.79 Å². The third-order valence-electron chi connectivity index (χ3n) is 3.31. The fourth-order valence-electron chi connectivity index (χ4n) is 2.23. The van der Waals surface area contributed by atoms with Gasteiger partial charge in [-0.25, -0.2) is 4.79 Å². The molecule has 92 valence electrons. The summed E-state index contributed by atoms with van der Waals surface area (Å²) >= 11 is 0. The van der Waals surface area contributed by atoms with Gasteiger partial charge in [-0.15, -0.1) is 0 Å². The smallest absolute Gasteiger partial charge is 0.407 e. The van der Waals surface area contributed by atoms with E-state index in [0.717, 1.165) is 12.0 Å². The Labute approximate surface area is 100 Å². The third kappa shape index (κ3) is 2.94. The first kappa shape index (κ1) is 11.9. The van der Waals surface area contributed by atoms with Crippen LogP contribution in [-0.2, 0) is 6.42 Å². The molecule has 0 atom stereocenters. The highest BCUT2D eigenvalue weighted by atomic mass is 16.4. The van der Waals surface area contributed by atoms with Gasteiger partial charge in [-0.3, -0.25) is 4.98 Å². The maximum Gasteiger partial charge on any atom is 0.407 e. The molecule has 1 amide bonds. The zero-order valence-electron chi connectivity index (χ0n) is 9.67. The van der Waals surface area contributed by atoms with Crippen LogP contribution in [0, 0.1) is 0 Å². The summed E-state index contributed by atoms with van der Waals surface area (Å²) in [5, 5.41) is 8.87. The lowest BCUT2D eigenvalue weighted by atomic mass is 9.83. The van der Waals surface area contributed by atoms with E-state index >= 15 is 0 Å². The predicted molar refractivity (Wildman–Crippen MR) is 63.7 cm³/mol. The topological polar surface area (TPSA) is 79.5 Å². The summed E-state index contributed by atoms with van der Waals surface area (Å²) in [6.45, 7) is 1.04. The summed E-state index contributed by atoms with van der Waals surface area (Å²) in [7, 11) is 0. The van der Waals surface area contributed by atoms with Crippen LogP contribution >= 0.6 is 0 Å². The maximum atomic E-state index is 10.8. The molecule has 2 rings (SSSR count). The fourth-order valence-corrected chi connectivity index (χ4v) is 2.23. The molecule has 1 fully saturated rings. The van der Waals surface area contributed by atoms with Crippen molar-refractivity contribution >= 4 is 6.09 Å². The molecule has 0 saturated carbocycles. The maximum absolute atomic E-state index is 10.8. The number of pyridine rings is 1. The van der Waals surface area contributed by atoms with Gasteiger partial charge in [0.15, 0.2) is 0 Å². The van der Waals surface area contributed by atoms with Gasteiger partial charge >= 0.3 is 6.09 Å². The molecule has 0 aromatic carbocycles. The van der Waals surface area contributed by atoms with Crippen molar-refractivity contribution in [1.82, 2.24) is 9.88 Å². The van der Waals surface area contributed by atoms with Gasteiger partial charge in [-0.1, -0.05) is 6.07 Å². The van der Waals surface area contributed by atoms with Gasteiger partial charge < -0.3 is 15.7 Å². The average Bonchev–Trinajstić information content (AvgIpc) is 2.30. The molecule has 1 aliphatic rings. The summed E-state index contributed by atoms with van der Waals surface area (Å²) in [5.41, 5.74) is 7.12. The molecule has 3 N–H and O–H groups in total.